The van der Waals surface area contributed by atoms with Gasteiger partial charge in [-0.3, -0.25) is 9.69 Å². The Morgan fingerprint density at radius 1 is 1.46 bits per heavy atom. The summed E-state index contributed by atoms with van der Waals surface area (Å²) >= 11 is 7.82. The van der Waals surface area contributed by atoms with Crippen LogP contribution in [0.15, 0.2) is 24.3 Å². The van der Waals surface area contributed by atoms with Gasteiger partial charge < -0.3 is 15.0 Å². The van der Waals surface area contributed by atoms with E-state index in [1.807, 2.05) is 19.1 Å². The minimum Gasteiger partial charge on any atom is -0.384 e. The molecule has 6 nitrogen and oxygen atoms in total. The molecule has 3 aromatic rings. The van der Waals surface area contributed by atoms with E-state index in [1.54, 1.807) is 30.6 Å². The van der Waals surface area contributed by atoms with Crippen LogP contribution in [0.5, 0.6) is 0 Å². The van der Waals surface area contributed by atoms with Crippen molar-refractivity contribution in [2.45, 2.75) is 19.9 Å². The van der Waals surface area contributed by atoms with Gasteiger partial charge in [-0.15, -0.1) is 11.3 Å². The number of aromatic nitrogens is 2. The van der Waals surface area contributed by atoms with Crippen molar-refractivity contribution in [3.8, 4) is 0 Å². The summed E-state index contributed by atoms with van der Waals surface area (Å²) in [4.78, 5) is 23.2. The maximum absolute atomic E-state index is 13.0. The molecule has 1 unspecified atom stereocenters. The second-order valence-electron chi connectivity index (χ2n) is 7.17. The predicted molar refractivity (Wildman–Crippen MR) is 113 cm³/mol. The number of aromatic amines is 1. The highest BCUT2D eigenvalue weighted by Crippen LogP contribution is 2.31. The Balaban J connectivity index is 1.61. The number of aryl methyl sites for hydroxylation is 1. The molecule has 0 saturated carbocycles. The number of fused-ring (bicyclic) bond motifs is 1. The van der Waals surface area contributed by atoms with Gasteiger partial charge >= 0.3 is 0 Å². The lowest BCUT2D eigenvalue weighted by Gasteiger charge is -2.16. The molecule has 0 bridgehead atoms. The average Bonchev–Trinajstić information content (AvgIpc) is 3.33. The van der Waals surface area contributed by atoms with Gasteiger partial charge in [0, 0.05) is 25.8 Å². The van der Waals surface area contributed by atoms with Gasteiger partial charge in [-0.25, -0.2) is 4.98 Å². The SMILES string of the molecule is COCC1CCN(Cc2c(C(=O)Nc3ccccc3Cl)[nH]c3nc(C)sc23)C1. The number of nitrogens with one attached hydrogen (secondary N) is 2. The quantitative estimate of drug-likeness (QED) is 0.625. The summed E-state index contributed by atoms with van der Waals surface area (Å²) in [7, 11) is 1.75. The van der Waals surface area contributed by atoms with Gasteiger partial charge in [0.1, 0.15) is 11.3 Å². The molecular weight excluding hydrogens is 396 g/mol. The highest BCUT2D eigenvalue weighted by molar-refractivity contribution is 7.18. The molecule has 1 atom stereocenters. The number of likely N-dealkylation sites (tertiary alicyclic amines) is 1. The van der Waals surface area contributed by atoms with Crippen LogP contribution in [0.4, 0.5) is 5.69 Å². The Kier molecular flexibility index (Phi) is 5.68. The van der Waals surface area contributed by atoms with Crippen LogP contribution in [0.1, 0.15) is 27.5 Å². The first-order chi connectivity index (χ1) is 13.5. The van der Waals surface area contributed by atoms with Gasteiger partial charge in [0.2, 0.25) is 0 Å². The molecule has 0 aliphatic carbocycles. The van der Waals surface area contributed by atoms with Gasteiger partial charge in [-0.1, -0.05) is 23.7 Å². The molecule has 2 N–H and O–H groups in total. The van der Waals surface area contributed by atoms with Crippen molar-refractivity contribution in [1.82, 2.24) is 14.9 Å². The number of ether oxygens (including phenoxy) is 1. The number of nitrogens with zero attached hydrogens (tertiary/aromatic N) is 2. The molecule has 1 fully saturated rings. The van der Waals surface area contributed by atoms with E-state index in [-0.39, 0.29) is 5.91 Å². The van der Waals surface area contributed by atoms with Crippen molar-refractivity contribution in [2.24, 2.45) is 5.92 Å². The van der Waals surface area contributed by atoms with E-state index in [4.69, 9.17) is 16.3 Å². The van der Waals surface area contributed by atoms with Crippen LogP contribution in [0.3, 0.4) is 0 Å². The van der Waals surface area contributed by atoms with Crippen LogP contribution in [-0.4, -0.2) is 47.6 Å². The molecule has 1 aliphatic heterocycles. The van der Waals surface area contributed by atoms with Crippen LogP contribution in [0.2, 0.25) is 5.02 Å². The second kappa shape index (κ2) is 8.21. The van der Waals surface area contributed by atoms with Gasteiger partial charge in [-0.05, 0) is 37.9 Å². The number of hydrogen-bond acceptors (Lipinski definition) is 5. The second-order valence-corrected chi connectivity index (χ2v) is 8.78. The van der Waals surface area contributed by atoms with E-state index >= 15 is 0 Å². The molecule has 1 saturated heterocycles. The Morgan fingerprint density at radius 2 is 2.29 bits per heavy atom. The van der Waals surface area contributed by atoms with Crippen molar-refractivity contribution in [3.05, 3.63) is 45.6 Å². The molecule has 0 spiro atoms. The van der Waals surface area contributed by atoms with Crippen molar-refractivity contribution in [1.29, 1.82) is 0 Å². The number of methoxy groups -OCH3 is 1. The van der Waals surface area contributed by atoms with Crippen LogP contribution >= 0.6 is 22.9 Å². The summed E-state index contributed by atoms with van der Waals surface area (Å²) in [5.41, 5.74) is 2.94. The van der Waals surface area contributed by atoms with E-state index in [1.165, 1.54) is 0 Å². The maximum Gasteiger partial charge on any atom is 0.272 e. The molecule has 1 aliphatic rings. The first kappa shape index (κ1) is 19.4. The van der Waals surface area contributed by atoms with E-state index in [2.05, 4.69) is 20.2 Å². The third-order valence-corrected chi connectivity index (χ3v) is 6.42. The molecule has 4 rings (SSSR count). The minimum absolute atomic E-state index is 0.196. The first-order valence-electron chi connectivity index (χ1n) is 9.30. The van der Waals surface area contributed by atoms with E-state index in [0.29, 0.717) is 28.9 Å². The fraction of sp³-hybridized carbons (Fsp3) is 0.400. The fourth-order valence-electron chi connectivity index (χ4n) is 3.77. The zero-order valence-electron chi connectivity index (χ0n) is 15.9. The Hall–Kier alpha value is -1.93. The number of halogens is 1. The van der Waals surface area contributed by atoms with Crippen molar-refractivity contribution in [3.63, 3.8) is 0 Å². The summed E-state index contributed by atoms with van der Waals surface area (Å²) in [6.45, 7) is 5.45. The Bertz CT molecular complexity index is 999. The topological polar surface area (TPSA) is 70.2 Å². The van der Waals surface area contributed by atoms with Gasteiger partial charge in [0.25, 0.3) is 5.91 Å². The average molecular weight is 419 g/mol. The Labute approximate surface area is 172 Å². The zero-order chi connectivity index (χ0) is 19.7. The normalized spacial score (nSPS) is 17.5. The van der Waals surface area contributed by atoms with Crippen molar-refractivity contribution in [2.75, 3.05) is 32.1 Å². The number of benzene rings is 1. The highest BCUT2D eigenvalue weighted by Gasteiger charge is 2.27. The van der Waals surface area contributed by atoms with Crippen molar-refractivity contribution >= 4 is 44.9 Å². The largest absolute Gasteiger partial charge is 0.384 e. The van der Waals surface area contributed by atoms with E-state index < -0.39 is 0 Å². The summed E-state index contributed by atoms with van der Waals surface area (Å²) in [6, 6.07) is 7.24. The molecule has 3 heterocycles. The summed E-state index contributed by atoms with van der Waals surface area (Å²) < 4.78 is 6.36. The molecule has 0 radical (unpaired) electrons. The molecule has 28 heavy (non-hydrogen) atoms. The number of H-pyrrole nitrogens is 1. The number of anilines is 1. The van der Waals surface area contributed by atoms with Gasteiger partial charge in [0.15, 0.2) is 0 Å². The lowest BCUT2D eigenvalue weighted by molar-refractivity contribution is 0.102. The molecular formula is C20H23ClN4O2S. The van der Waals surface area contributed by atoms with E-state index in [9.17, 15) is 4.79 Å². The summed E-state index contributed by atoms with van der Waals surface area (Å²) in [6.07, 6.45) is 1.12. The predicted octanol–water partition coefficient (Wildman–Crippen LogP) is 4.31. The fourth-order valence-corrected chi connectivity index (χ4v) is 4.87. The first-order valence-corrected chi connectivity index (χ1v) is 10.5. The van der Waals surface area contributed by atoms with Crippen molar-refractivity contribution < 1.29 is 9.53 Å². The maximum atomic E-state index is 13.0. The lowest BCUT2D eigenvalue weighted by Crippen LogP contribution is -2.23. The standard InChI is InChI=1S/C20H23ClN4O2S/c1-12-22-19-18(28-12)14(10-25-8-7-13(9-25)11-27-2)17(24-19)20(26)23-16-6-4-3-5-15(16)21/h3-6,13,24H,7-11H2,1-2H3,(H,23,26). The monoisotopic (exact) mass is 418 g/mol. The molecule has 8 heteroatoms. The third-order valence-electron chi connectivity index (χ3n) is 5.06. The van der Waals surface area contributed by atoms with Gasteiger partial charge in [0.05, 0.1) is 27.0 Å². The number of amides is 1. The zero-order valence-corrected chi connectivity index (χ0v) is 17.5. The van der Waals surface area contributed by atoms with Gasteiger partial charge in [-0.2, -0.15) is 0 Å². The lowest BCUT2D eigenvalue weighted by atomic mass is 10.1. The molecule has 148 valence electrons. The molecule has 1 amide bonds. The number of carbonyl (C=O) groups is 1. The highest BCUT2D eigenvalue weighted by atomic mass is 35.5. The number of rotatable bonds is 6. The van der Waals surface area contributed by atoms with Crippen LogP contribution in [0.25, 0.3) is 10.3 Å². The Morgan fingerprint density at radius 3 is 3.07 bits per heavy atom. The minimum atomic E-state index is -0.196. The van der Waals surface area contributed by atoms with Crippen LogP contribution < -0.4 is 5.32 Å². The van der Waals surface area contributed by atoms with Crippen LogP contribution in [-0.2, 0) is 11.3 Å². The summed E-state index contributed by atoms with van der Waals surface area (Å²) in [5, 5.41) is 4.42. The summed E-state index contributed by atoms with van der Waals surface area (Å²) in [5.74, 6) is 0.349. The number of hydrogen-bond donors (Lipinski definition) is 2. The number of para-hydroxylation sites is 1. The smallest absolute Gasteiger partial charge is 0.272 e. The van der Waals surface area contributed by atoms with Crippen LogP contribution in [0, 0.1) is 12.8 Å². The molecule has 1 aromatic carbocycles. The third kappa shape index (κ3) is 3.93. The van der Waals surface area contributed by atoms with E-state index in [0.717, 1.165) is 47.0 Å². The molecule has 2 aromatic heterocycles. The number of carbonyl (C=O) groups excluding carboxylic acids is 1. The number of thiazole rings is 1.